The van der Waals surface area contributed by atoms with Gasteiger partial charge in [0.15, 0.2) is 0 Å². The normalized spacial score (nSPS) is 10.5. The van der Waals surface area contributed by atoms with Crippen molar-refractivity contribution in [2.24, 2.45) is 5.16 Å². The molecule has 0 unspecified atom stereocenters. The highest BCUT2D eigenvalue weighted by Gasteiger charge is 1.83. The molecule has 0 radical (unpaired) electrons. The van der Waals surface area contributed by atoms with Crippen LogP contribution in [0.1, 0.15) is 12.5 Å². The molecule has 3 heteroatoms. The van der Waals surface area contributed by atoms with Crippen molar-refractivity contribution in [3.8, 4) is 0 Å². The quantitative estimate of drug-likeness (QED) is 0.484. The Morgan fingerprint density at radius 1 is 1.80 bits per heavy atom. The van der Waals surface area contributed by atoms with Gasteiger partial charge in [-0.1, -0.05) is 5.16 Å². The van der Waals surface area contributed by atoms with Crippen molar-refractivity contribution in [3.05, 3.63) is 22.4 Å². The molecule has 0 bridgehead atoms. The summed E-state index contributed by atoms with van der Waals surface area (Å²) in [6.07, 6.45) is 1.71. The second-order valence-corrected chi connectivity index (χ2v) is 2.49. The summed E-state index contributed by atoms with van der Waals surface area (Å²) in [5, 5.41) is 7.74. The Morgan fingerprint density at radius 2 is 2.70 bits per heavy atom. The van der Waals surface area contributed by atoms with Crippen LogP contribution >= 0.6 is 11.3 Å². The molecule has 0 fully saturated rings. The predicted molar refractivity (Wildman–Crippen MR) is 43.5 cm³/mol. The molecule has 2 nitrogen and oxygen atoms in total. The zero-order valence-electron chi connectivity index (χ0n) is 5.78. The number of rotatable bonds is 3. The maximum atomic E-state index is 4.78. The topological polar surface area (TPSA) is 21.6 Å². The molecular weight excluding hydrogens is 146 g/mol. The fourth-order valence-corrected chi connectivity index (χ4v) is 1.13. The molecule has 10 heavy (non-hydrogen) atoms. The lowest BCUT2D eigenvalue weighted by Crippen LogP contribution is -1.80. The monoisotopic (exact) mass is 155 g/mol. The minimum atomic E-state index is 0.626. The number of nitrogens with zero attached hydrogens (tertiary/aromatic N) is 1. The van der Waals surface area contributed by atoms with Crippen molar-refractivity contribution in [1.82, 2.24) is 0 Å². The van der Waals surface area contributed by atoms with Gasteiger partial charge in [0, 0.05) is 5.56 Å². The van der Waals surface area contributed by atoms with Crippen molar-refractivity contribution in [2.45, 2.75) is 6.92 Å². The molecule has 0 spiro atoms. The molecule has 54 valence electrons. The van der Waals surface area contributed by atoms with Gasteiger partial charge in [-0.2, -0.15) is 11.3 Å². The highest BCUT2D eigenvalue weighted by Crippen LogP contribution is 2.02. The van der Waals surface area contributed by atoms with Crippen LogP contribution in [0.15, 0.2) is 22.0 Å². The Labute approximate surface area is 64.1 Å². The molecule has 0 atom stereocenters. The SMILES string of the molecule is CCON=Cc1ccsc1. The van der Waals surface area contributed by atoms with Crippen LogP contribution in [-0.4, -0.2) is 12.8 Å². The standard InChI is InChI=1S/C7H9NOS/c1-2-9-8-5-7-3-4-10-6-7/h3-6H,2H2,1H3. The maximum Gasteiger partial charge on any atom is 0.114 e. The summed E-state index contributed by atoms with van der Waals surface area (Å²) in [4.78, 5) is 4.78. The summed E-state index contributed by atoms with van der Waals surface area (Å²) in [6, 6.07) is 1.99. The molecule has 0 aliphatic rings. The van der Waals surface area contributed by atoms with Gasteiger partial charge in [-0.3, -0.25) is 0 Å². The number of hydrogen-bond acceptors (Lipinski definition) is 3. The maximum absolute atomic E-state index is 4.78. The van der Waals surface area contributed by atoms with E-state index in [4.69, 9.17) is 4.84 Å². The third-order valence-corrected chi connectivity index (χ3v) is 1.65. The van der Waals surface area contributed by atoms with Gasteiger partial charge in [0.25, 0.3) is 0 Å². The van der Waals surface area contributed by atoms with E-state index in [0.717, 1.165) is 5.56 Å². The van der Waals surface area contributed by atoms with Gasteiger partial charge in [0.2, 0.25) is 0 Å². The summed E-state index contributed by atoms with van der Waals surface area (Å²) in [7, 11) is 0. The van der Waals surface area contributed by atoms with Crippen molar-refractivity contribution < 1.29 is 4.84 Å². The van der Waals surface area contributed by atoms with Crippen molar-refractivity contribution in [1.29, 1.82) is 0 Å². The highest BCUT2D eigenvalue weighted by molar-refractivity contribution is 7.08. The van der Waals surface area contributed by atoms with Gasteiger partial charge in [-0.25, -0.2) is 0 Å². The zero-order valence-corrected chi connectivity index (χ0v) is 6.60. The Morgan fingerprint density at radius 3 is 3.30 bits per heavy atom. The predicted octanol–water partition coefficient (Wildman–Crippen LogP) is 2.12. The smallest absolute Gasteiger partial charge is 0.114 e. The van der Waals surface area contributed by atoms with Gasteiger partial charge >= 0.3 is 0 Å². The van der Waals surface area contributed by atoms with Gasteiger partial charge in [0.05, 0.1) is 6.21 Å². The van der Waals surface area contributed by atoms with Crippen LogP contribution in [0.3, 0.4) is 0 Å². The Kier molecular flexibility index (Phi) is 2.96. The molecule has 0 aliphatic carbocycles. The fraction of sp³-hybridized carbons (Fsp3) is 0.286. The molecule has 1 heterocycles. The van der Waals surface area contributed by atoms with Crippen LogP contribution in [0, 0.1) is 0 Å². The molecule has 0 saturated heterocycles. The second-order valence-electron chi connectivity index (χ2n) is 1.71. The summed E-state index contributed by atoms with van der Waals surface area (Å²) in [6.45, 7) is 2.53. The molecule has 1 aromatic heterocycles. The fourth-order valence-electron chi connectivity index (χ4n) is 0.521. The van der Waals surface area contributed by atoms with Crippen LogP contribution < -0.4 is 0 Å². The van der Waals surface area contributed by atoms with Gasteiger partial charge < -0.3 is 4.84 Å². The molecule has 0 saturated carbocycles. The third-order valence-electron chi connectivity index (χ3n) is 0.949. The number of thiophene rings is 1. The lowest BCUT2D eigenvalue weighted by atomic mass is 10.4. The molecule has 0 aliphatic heterocycles. The minimum absolute atomic E-state index is 0.626. The minimum Gasteiger partial charge on any atom is -0.396 e. The molecule has 0 amide bonds. The van der Waals surface area contributed by atoms with Crippen LogP contribution in [-0.2, 0) is 4.84 Å². The van der Waals surface area contributed by atoms with E-state index < -0.39 is 0 Å². The molecule has 1 rings (SSSR count). The van der Waals surface area contributed by atoms with Crippen LogP contribution in [0.2, 0.25) is 0 Å². The van der Waals surface area contributed by atoms with E-state index in [-0.39, 0.29) is 0 Å². The van der Waals surface area contributed by atoms with Crippen molar-refractivity contribution in [3.63, 3.8) is 0 Å². The van der Waals surface area contributed by atoms with Gasteiger partial charge in [-0.05, 0) is 23.8 Å². The Bertz CT molecular complexity index is 193. The third kappa shape index (κ3) is 2.19. The van der Waals surface area contributed by atoms with Crippen molar-refractivity contribution >= 4 is 17.6 Å². The first-order chi connectivity index (χ1) is 4.93. The number of oxime groups is 1. The molecule has 0 N–H and O–H groups in total. The molecule has 1 aromatic rings. The average Bonchev–Trinajstić information content (AvgIpc) is 2.41. The first kappa shape index (κ1) is 7.28. The van der Waals surface area contributed by atoms with Crippen LogP contribution in [0.4, 0.5) is 0 Å². The van der Waals surface area contributed by atoms with E-state index in [1.165, 1.54) is 0 Å². The summed E-state index contributed by atoms with van der Waals surface area (Å²) < 4.78 is 0. The van der Waals surface area contributed by atoms with E-state index >= 15 is 0 Å². The summed E-state index contributed by atoms with van der Waals surface area (Å²) in [5.74, 6) is 0. The van der Waals surface area contributed by atoms with E-state index in [1.54, 1.807) is 17.6 Å². The van der Waals surface area contributed by atoms with E-state index in [9.17, 15) is 0 Å². The summed E-state index contributed by atoms with van der Waals surface area (Å²) >= 11 is 1.65. The first-order valence-corrected chi connectivity index (χ1v) is 4.05. The highest BCUT2D eigenvalue weighted by atomic mass is 32.1. The zero-order chi connectivity index (χ0) is 7.23. The van der Waals surface area contributed by atoms with Gasteiger partial charge in [-0.15, -0.1) is 0 Å². The Hall–Kier alpha value is -0.830. The van der Waals surface area contributed by atoms with Crippen LogP contribution in [0.5, 0.6) is 0 Å². The van der Waals surface area contributed by atoms with E-state index in [0.29, 0.717) is 6.61 Å². The summed E-state index contributed by atoms with van der Waals surface area (Å²) in [5.41, 5.74) is 1.10. The second kappa shape index (κ2) is 4.06. The molecular formula is C7H9NOS. The lowest BCUT2D eigenvalue weighted by Gasteiger charge is -1.87. The van der Waals surface area contributed by atoms with Crippen LogP contribution in [0.25, 0.3) is 0 Å². The molecule has 0 aromatic carbocycles. The van der Waals surface area contributed by atoms with E-state index in [2.05, 4.69) is 5.16 Å². The Balaban J connectivity index is 2.40. The van der Waals surface area contributed by atoms with Crippen molar-refractivity contribution in [2.75, 3.05) is 6.61 Å². The van der Waals surface area contributed by atoms with Gasteiger partial charge in [0.1, 0.15) is 6.61 Å². The first-order valence-electron chi connectivity index (χ1n) is 3.11. The van der Waals surface area contributed by atoms with E-state index in [1.807, 2.05) is 23.8 Å². The lowest BCUT2D eigenvalue weighted by molar-refractivity contribution is 0.160. The number of hydrogen-bond donors (Lipinski definition) is 0. The average molecular weight is 155 g/mol. The largest absolute Gasteiger partial charge is 0.396 e.